The van der Waals surface area contributed by atoms with Crippen LogP contribution in [0, 0.1) is 0 Å². The molecule has 2 rings (SSSR count). The number of benzene rings is 1. The number of carbonyl (C=O) groups is 1. The van der Waals surface area contributed by atoms with Crippen LogP contribution in [0.2, 0.25) is 10.0 Å². The van der Waals surface area contributed by atoms with Gasteiger partial charge in [-0.2, -0.15) is 0 Å². The quantitative estimate of drug-likeness (QED) is 0.793. The normalized spacial score (nSPS) is 23.6. The Morgan fingerprint density at radius 3 is 2.90 bits per heavy atom. The standard InChI is InChI=1S/C14H18Cl2N2O2/c1-8(4-9-2-3-10(15)5-12(9)16)18-14(20)13-6-11(19)7-17-13/h2-3,5,8,11,13,17,19H,4,6-7H2,1H3,(H,18,20). The summed E-state index contributed by atoms with van der Waals surface area (Å²) in [6, 6.07) is 4.99. The summed E-state index contributed by atoms with van der Waals surface area (Å²) in [6.07, 6.45) is 0.656. The molecule has 1 fully saturated rings. The molecule has 6 heteroatoms. The number of hydrogen-bond donors (Lipinski definition) is 3. The maximum atomic E-state index is 12.0. The highest BCUT2D eigenvalue weighted by Crippen LogP contribution is 2.22. The molecule has 1 amide bonds. The SMILES string of the molecule is CC(Cc1ccc(Cl)cc1Cl)NC(=O)C1CC(O)CN1. The van der Waals surface area contributed by atoms with Crippen LogP contribution in [0.4, 0.5) is 0 Å². The van der Waals surface area contributed by atoms with Crippen molar-refractivity contribution < 1.29 is 9.90 Å². The van der Waals surface area contributed by atoms with Gasteiger partial charge in [-0.1, -0.05) is 29.3 Å². The molecular formula is C14H18Cl2N2O2. The second-order valence-corrected chi connectivity index (χ2v) is 6.04. The molecule has 20 heavy (non-hydrogen) atoms. The van der Waals surface area contributed by atoms with E-state index in [1.807, 2.05) is 13.0 Å². The third-order valence-electron chi connectivity index (χ3n) is 3.35. The van der Waals surface area contributed by atoms with Crippen molar-refractivity contribution in [3.05, 3.63) is 33.8 Å². The second-order valence-electron chi connectivity index (χ2n) is 5.20. The molecule has 3 N–H and O–H groups in total. The minimum absolute atomic E-state index is 0.0410. The molecular weight excluding hydrogens is 299 g/mol. The molecule has 1 aliphatic rings. The Balaban J connectivity index is 1.88. The molecule has 1 saturated heterocycles. The molecule has 0 aromatic heterocycles. The number of hydrogen-bond acceptors (Lipinski definition) is 3. The maximum absolute atomic E-state index is 12.0. The van der Waals surface area contributed by atoms with Crippen molar-refractivity contribution in [2.45, 2.75) is 38.0 Å². The topological polar surface area (TPSA) is 61.4 Å². The molecule has 0 bridgehead atoms. The van der Waals surface area contributed by atoms with Crippen LogP contribution in [-0.2, 0) is 11.2 Å². The smallest absolute Gasteiger partial charge is 0.237 e. The first kappa shape index (κ1) is 15.6. The van der Waals surface area contributed by atoms with Crippen LogP contribution >= 0.6 is 23.2 Å². The van der Waals surface area contributed by atoms with E-state index in [1.165, 1.54) is 0 Å². The maximum Gasteiger partial charge on any atom is 0.237 e. The zero-order valence-corrected chi connectivity index (χ0v) is 12.7. The summed E-state index contributed by atoms with van der Waals surface area (Å²) in [4.78, 5) is 12.0. The predicted molar refractivity (Wildman–Crippen MR) is 80.2 cm³/mol. The minimum atomic E-state index is -0.438. The summed E-state index contributed by atoms with van der Waals surface area (Å²) < 4.78 is 0. The van der Waals surface area contributed by atoms with Gasteiger partial charge in [-0.15, -0.1) is 0 Å². The Morgan fingerprint density at radius 2 is 2.30 bits per heavy atom. The average Bonchev–Trinajstić information content (AvgIpc) is 2.79. The summed E-state index contributed by atoms with van der Waals surface area (Å²) in [5.41, 5.74) is 0.947. The van der Waals surface area contributed by atoms with Gasteiger partial charge in [0.15, 0.2) is 0 Å². The molecule has 3 unspecified atom stereocenters. The molecule has 3 atom stereocenters. The van der Waals surface area contributed by atoms with Gasteiger partial charge in [-0.25, -0.2) is 0 Å². The number of β-amino-alcohol motifs (C(OH)–C–C–N with tert-alkyl or cyclic N) is 1. The lowest BCUT2D eigenvalue weighted by molar-refractivity contribution is -0.123. The van der Waals surface area contributed by atoms with Crippen molar-refractivity contribution in [1.82, 2.24) is 10.6 Å². The molecule has 1 heterocycles. The van der Waals surface area contributed by atoms with Gasteiger partial charge >= 0.3 is 0 Å². The third-order valence-corrected chi connectivity index (χ3v) is 3.94. The van der Waals surface area contributed by atoms with E-state index in [2.05, 4.69) is 10.6 Å². The fourth-order valence-corrected chi connectivity index (χ4v) is 2.81. The molecule has 1 aromatic carbocycles. The summed E-state index contributed by atoms with van der Waals surface area (Å²) in [5.74, 6) is -0.0841. The number of aliphatic hydroxyl groups excluding tert-OH is 1. The molecule has 4 nitrogen and oxygen atoms in total. The van der Waals surface area contributed by atoms with E-state index in [9.17, 15) is 9.90 Å². The van der Waals surface area contributed by atoms with Crippen molar-refractivity contribution in [3.8, 4) is 0 Å². The molecule has 110 valence electrons. The van der Waals surface area contributed by atoms with E-state index in [0.717, 1.165) is 5.56 Å². The fraction of sp³-hybridized carbons (Fsp3) is 0.500. The lowest BCUT2D eigenvalue weighted by atomic mass is 10.1. The molecule has 1 aromatic rings. The van der Waals surface area contributed by atoms with Crippen molar-refractivity contribution in [2.24, 2.45) is 0 Å². The first-order valence-corrected chi connectivity index (χ1v) is 7.37. The molecule has 0 aliphatic carbocycles. The zero-order chi connectivity index (χ0) is 14.7. The highest BCUT2D eigenvalue weighted by atomic mass is 35.5. The summed E-state index contributed by atoms with van der Waals surface area (Å²) in [6.45, 7) is 2.39. The average molecular weight is 317 g/mol. The van der Waals surface area contributed by atoms with E-state index < -0.39 is 6.10 Å². The number of rotatable bonds is 4. The van der Waals surface area contributed by atoms with Gasteiger partial charge in [-0.05, 0) is 37.5 Å². The number of carbonyl (C=O) groups excluding carboxylic acids is 1. The van der Waals surface area contributed by atoms with E-state index >= 15 is 0 Å². The number of aliphatic hydroxyl groups is 1. The highest BCUT2D eigenvalue weighted by molar-refractivity contribution is 6.35. The van der Waals surface area contributed by atoms with Crippen LogP contribution < -0.4 is 10.6 Å². The number of halogens is 2. The Hall–Kier alpha value is -0.810. The van der Waals surface area contributed by atoms with E-state index in [0.29, 0.717) is 29.4 Å². The fourth-order valence-electron chi connectivity index (χ4n) is 2.33. The van der Waals surface area contributed by atoms with Gasteiger partial charge < -0.3 is 15.7 Å². The van der Waals surface area contributed by atoms with Crippen molar-refractivity contribution in [3.63, 3.8) is 0 Å². The predicted octanol–water partition coefficient (Wildman–Crippen LogP) is 1.76. The van der Waals surface area contributed by atoms with Gasteiger partial charge in [0.2, 0.25) is 5.91 Å². The Kier molecular flexibility index (Phi) is 5.27. The van der Waals surface area contributed by atoms with E-state index in [4.69, 9.17) is 23.2 Å². The van der Waals surface area contributed by atoms with Crippen LogP contribution in [0.1, 0.15) is 18.9 Å². The van der Waals surface area contributed by atoms with Gasteiger partial charge in [0, 0.05) is 22.6 Å². The molecule has 1 aliphatic heterocycles. The van der Waals surface area contributed by atoms with Gasteiger partial charge in [-0.3, -0.25) is 4.79 Å². The van der Waals surface area contributed by atoms with Crippen LogP contribution in [0.15, 0.2) is 18.2 Å². The summed E-state index contributed by atoms with van der Waals surface area (Å²) in [7, 11) is 0. The Labute approximate surface area is 128 Å². The molecule has 0 spiro atoms. The Bertz CT molecular complexity index is 496. The van der Waals surface area contributed by atoms with Crippen LogP contribution in [0.25, 0.3) is 0 Å². The monoisotopic (exact) mass is 316 g/mol. The van der Waals surface area contributed by atoms with E-state index in [-0.39, 0.29) is 18.0 Å². The molecule has 0 radical (unpaired) electrons. The summed E-state index contributed by atoms with van der Waals surface area (Å²) in [5, 5.41) is 16.5. The van der Waals surface area contributed by atoms with Gasteiger partial charge in [0.1, 0.15) is 0 Å². The largest absolute Gasteiger partial charge is 0.392 e. The highest BCUT2D eigenvalue weighted by Gasteiger charge is 2.28. The van der Waals surface area contributed by atoms with Crippen LogP contribution in [0.3, 0.4) is 0 Å². The van der Waals surface area contributed by atoms with Crippen molar-refractivity contribution in [1.29, 1.82) is 0 Å². The number of nitrogens with one attached hydrogen (secondary N) is 2. The lowest BCUT2D eigenvalue weighted by Crippen LogP contribution is -2.44. The Morgan fingerprint density at radius 1 is 1.55 bits per heavy atom. The zero-order valence-electron chi connectivity index (χ0n) is 11.2. The first-order chi connectivity index (χ1) is 9.45. The number of amides is 1. The summed E-state index contributed by atoms with van der Waals surface area (Å²) >= 11 is 12.0. The minimum Gasteiger partial charge on any atom is -0.392 e. The van der Waals surface area contributed by atoms with Crippen molar-refractivity contribution >= 4 is 29.1 Å². The van der Waals surface area contributed by atoms with Crippen molar-refractivity contribution in [2.75, 3.05) is 6.54 Å². The molecule has 0 saturated carbocycles. The first-order valence-electron chi connectivity index (χ1n) is 6.61. The van der Waals surface area contributed by atoms with Crippen LogP contribution in [-0.4, -0.2) is 35.7 Å². The van der Waals surface area contributed by atoms with Gasteiger partial charge in [0.25, 0.3) is 0 Å². The van der Waals surface area contributed by atoms with Crippen LogP contribution in [0.5, 0.6) is 0 Å². The second kappa shape index (κ2) is 6.76. The lowest BCUT2D eigenvalue weighted by Gasteiger charge is -2.18. The van der Waals surface area contributed by atoms with E-state index in [1.54, 1.807) is 12.1 Å². The third kappa shape index (κ3) is 4.09. The van der Waals surface area contributed by atoms with Gasteiger partial charge in [0.05, 0.1) is 12.1 Å².